The first-order valence-corrected chi connectivity index (χ1v) is 7.64. The van der Waals surface area contributed by atoms with Gasteiger partial charge in [0.15, 0.2) is 0 Å². The van der Waals surface area contributed by atoms with Gasteiger partial charge in [0.25, 0.3) is 0 Å². The number of nitrogens with zero attached hydrogens (tertiary/aromatic N) is 1. The fraction of sp³-hybridized carbons (Fsp3) is 0.556. The first kappa shape index (κ1) is 17.9. The summed E-state index contributed by atoms with van der Waals surface area (Å²) in [4.78, 5) is 2.52. The number of hydrogen-bond donors (Lipinski definition) is 0. The maximum Gasteiger partial charge on any atom is 0.0233 e. The van der Waals surface area contributed by atoms with Gasteiger partial charge in [0, 0.05) is 6.54 Å². The third-order valence-electron chi connectivity index (χ3n) is 2.93. The Morgan fingerprint density at radius 2 is 1.47 bits per heavy atom. The van der Waals surface area contributed by atoms with Crippen LogP contribution in [0, 0.1) is 0 Å². The summed E-state index contributed by atoms with van der Waals surface area (Å²) in [6, 6.07) is 8.80. The van der Waals surface area contributed by atoms with E-state index in [2.05, 4.69) is 56.5 Å². The molecule has 0 aliphatic rings. The van der Waals surface area contributed by atoms with Crippen molar-refractivity contribution in [3.05, 3.63) is 42.0 Å². The molecular formula is C18H31N. The highest BCUT2D eigenvalue weighted by Crippen LogP contribution is 2.14. The lowest BCUT2D eigenvalue weighted by Gasteiger charge is -2.21. The maximum absolute atomic E-state index is 3.96. The summed E-state index contributed by atoms with van der Waals surface area (Å²) in [6.45, 7) is 17.9. The zero-order chi connectivity index (χ0) is 14.7. The lowest BCUT2D eigenvalue weighted by Crippen LogP contribution is -2.24. The van der Waals surface area contributed by atoms with E-state index < -0.39 is 0 Å². The molecule has 1 aromatic rings. The summed E-state index contributed by atoms with van der Waals surface area (Å²) in [5, 5.41) is 0. The van der Waals surface area contributed by atoms with Crippen LogP contribution in [0.3, 0.4) is 0 Å². The van der Waals surface area contributed by atoms with Gasteiger partial charge in [-0.25, -0.2) is 0 Å². The van der Waals surface area contributed by atoms with E-state index in [1.807, 2.05) is 13.8 Å². The van der Waals surface area contributed by atoms with E-state index in [0.717, 1.165) is 12.1 Å². The molecule has 0 saturated heterocycles. The molecule has 0 aromatic heterocycles. The molecule has 0 radical (unpaired) electrons. The van der Waals surface area contributed by atoms with Crippen molar-refractivity contribution < 1.29 is 0 Å². The molecule has 0 spiro atoms. The highest BCUT2D eigenvalue weighted by atomic mass is 15.1. The zero-order valence-electron chi connectivity index (χ0n) is 13.5. The number of rotatable bonds is 7. The van der Waals surface area contributed by atoms with E-state index in [1.54, 1.807) is 0 Å². The van der Waals surface area contributed by atoms with Gasteiger partial charge in [-0.1, -0.05) is 64.1 Å². The molecule has 0 N–H and O–H groups in total. The third kappa shape index (κ3) is 7.17. The molecule has 0 aliphatic carbocycles. The normalized spacial score (nSPS) is 10.0. The lowest BCUT2D eigenvalue weighted by atomic mass is 10.1. The molecule has 19 heavy (non-hydrogen) atoms. The Hall–Kier alpha value is -1.08. The predicted octanol–water partition coefficient (Wildman–Crippen LogP) is 5.37. The van der Waals surface area contributed by atoms with Crippen molar-refractivity contribution in [1.29, 1.82) is 0 Å². The highest BCUT2D eigenvalue weighted by Gasteiger charge is 2.03. The van der Waals surface area contributed by atoms with Crippen LogP contribution in [0.5, 0.6) is 0 Å². The molecule has 1 aromatic carbocycles. The summed E-state index contributed by atoms with van der Waals surface area (Å²) < 4.78 is 0. The van der Waals surface area contributed by atoms with E-state index in [0.29, 0.717) is 0 Å². The Morgan fingerprint density at radius 1 is 1.00 bits per heavy atom. The van der Waals surface area contributed by atoms with E-state index in [-0.39, 0.29) is 0 Å². The second kappa shape index (κ2) is 10.8. The van der Waals surface area contributed by atoms with Crippen molar-refractivity contribution in [2.75, 3.05) is 13.1 Å². The van der Waals surface area contributed by atoms with Gasteiger partial charge in [0.05, 0.1) is 0 Å². The molecule has 0 bridgehead atoms. The van der Waals surface area contributed by atoms with Crippen LogP contribution < -0.4 is 0 Å². The molecule has 0 heterocycles. The minimum Gasteiger partial charge on any atom is -0.299 e. The van der Waals surface area contributed by atoms with Crippen molar-refractivity contribution in [3.8, 4) is 0 Å². The van der Waals surface area contributed by atoms with E-state index in [1.165, 1.54) is 37.1 Å². The van der Waals surface area contributed by atoms with Crippen molar-refractivity contribution >= 4 is 5.57 Å². The van der Waals surface area contributed by atoms with Gasteiger partial charge in [-0.15, -0.1) is 0 Å². The van der Waals surface area contributed by atoms with Crippen LogP contribution >= 0.6 is 0 Å². The maximum atomic E-state index is 3.96. The van der Waals surface area contributed by atoms with Crippen LogP contribution in [-0.2, 0) is 6.54 Å². The van der Waals surface area contributed by atoms with E-state index in [9.17, 15) is 0 Å². The molecule has 0 aliphatic heterocycles. The van der Waals surface area contributed by atoms with Crippen LogP contribution in [-0.4, -0.2) is 18.0 Å². The summed E-state index contributed by atoms with van der Waals surface area (Å²) >= 11 is 0. The molecular weight excluding hydrogens is 230 g/mol. The molecule has 1 heteroatoms. The van der Waals surface area contributed by atoms with Crippen molar-refractivity contribution in [1.82, 2.24) is 4.90 Å². The largest absolute Gasteiger partial charge is 0.299 e. The fourth-order valence-electron chi connectivity index (χ4n) is 2.06. The molecule has 0 unspecified atom stereocenters. The summed E-state index contributed by atoms with van der Waals surface area (Å²) in [5.74, 6) is 0. The smallest absolute Gasteiger partial charge is 0.0233 e. The average Bonchev–Trinajstić information content (AvgIpc) is 2.42. The first-order chi connectivity index (χ1) is 9.17. The monoisotopic (exact) mass is 261 g/mol. The SMILES string of the molecule is C=C(C)c1ccc(CN(CCC)CCC)cc1.CC. The molecule has 108 valence electrons. The third-order valence-corrected chi connectivity index (χ3v) is 2.93. The Labute approximate surface area is 120 Å². The Balaban J connectivity index is 0.00000154. The van der Waals surface area contributed by atoms with E-state index >= 15 is 0 Å². The van der Waals surface area contributed by atoms with Gasteiger partial charge in [0.2, 0.25) is 0 Å². The average molecular weight is 261 g/mol. The van der Waals surface area contributed by atoms with Crippen LogP contribution in [0.15, 0.2) is 30.8 Å². The van der Waals surface area contributed by atoms with Crippen molar-refractivity contribution in [2.24, 2.45) is 0 Å². The van der Waals surface area contributed by atoms with E-state index in [4.69, 9.17) is 0 Å². The number of hydrogen-bond acceptors (Lipinski definition) is 1. The second-order valence-corrected chi connectivity index (χ2v) is 4.75. The summed E-state index contributed by atoms with van der Waals surface area (Å²) in [6.07, 6.45) is 2.45. The quantitative estimate of drug-likeness (QED) is 0.638. The van der Waals surface area contributed by atoms with Crippen molar-refractivity contribution in [2.45, 2.75) is 54.0 Å². The van der Waals surface area contributed by atoms with Crippen LogP contribution in [0.25, 0.3) is 5.57 Å². The fourth-order valence-corrected chi connectivity index (χ4v) is 2.06. The second-order valence-electron chi connectivity index (χ2n) is 4.75. The van der Waals surface area contributed by atoms with Crippen molar-refractivity contribution in [3.63, 3.8) is 0 Å². The Bertz CT molecular complexity index is 331. The van der Waals surface area contributed by atoms with Gasteiger partial charge >= 0.3 is 0 Å². The lowest BCUT2D eigenvalue weighted by molar-refractivity contribution is 0.266. The topological polar surface area (TPSA) is 3.24 Å². The molecule has 1 rings (SSSR count). The molecule has 1 nitrogen and oxygen atoms in total. The van der Waals surface area contributed by atoms with Crippen LogP contribution in [0.2, 0.25) is 0 Å². The minimum atomic E-state index is 1.07. The molecule has 0 saturated carbocycles. The molecule has 0 amide bonds. The minimum absolute atomic E-state index is 1.07. The standard InChI is InChI=1S/C16H25N.C2H6/c1-5-11-17(12-6-2)13-15-7-9-16(10-8-15)14(3)4;1-2/h7-10H,3,5-6,11-13H2,1-2,4H3;1-2H3. The van der Waals surface area contributed by atoms with Gasteiger partial charge in [-0.05, 0) is 44.0 Å². The van der Waals surface area contributed by atoms with Crippen LogP contribution in [0.4, 0.5) is 0 Å². The zero-order valence-corrected chi connectivity index (χ0v) is 13.5. The molecule has 0 fully saturated rings. The Kier molecular flexibility index (Phi) is 10.2. The highest BCUT2D eigenvalue weighted by molar-refractivity contribution is 5.61. The molecule has 0 atom stereocenters. The summed E-state index contributed by atoms with van der Waals surface area (Å²) in [5.41, 5.74) is 3.78. The van der Waals surface area contributed by atoms with Crippen LogP contribution in [0.1, 0.15) is 58.6 Å². The predicted molar refractivity (Wildman–Crippen MR) is 88.4 cm³/mol. The number of allylic oxidation sites excluding steroid dienone is 1. The first-order valence-electron chi connectivity index (χ1n) is 7.64. The summed E-state index contributed by atoms with van der Waals surface area (Å²) in [7, 11) is 0. The Morgan fingerprint density at radius 3 is 1.84 bits per heavy atom. The van der Waals surface area contributed by atoms with Gasteiger partial charge in [0.1, 0.15) is 0 Å². The van der Waals surface area contributed by atoms with Gasteiger partial charge < -0.3 is 0 Å². The number of benzene rings is 1. The van der Waals surface area contributed by atoms with Gasteiger partial charge in [-0.2, -0.15) is 0 Å². The van der Waals surface area contributed by atoms with Gasteiger partial charge in [-0.3, -0.25) is 4.90 Å².